The highest BCUT2D eigenvalue weighted by Gasteiger charge is 2.25. The largest absolute Gasteiger partial charge is 0.316 e. The van der Waals surface area contributed by atoms with Crippen LogP contribution in [0.4, 0.5) is 0 Å². The van der Waals surface area contributed by atoms with E-state index in [0.29, 0.717) is 0 Å². The lowest BCUT2D eigenvalue weighted by atomic mass is 9.77. The fraction of sp³-hybridized carbons (Fsp3) is 0.733. The number of hydrogen-bond donors (Lipinski definition) is 1. The molecule has 0 aromatic carbocycles. The molecule has 2 unspecified atom stereocenters. The van der Waals surface area contributed by atoms with E-state index in [4.69, 9.17) is 0 Å². The van der Waals surface area contributed by atoms with Crippen molar-refractivity contribution in [2.75, 3.05) is 13.1 Å². The molecule has 1 heterocycles. The van der Waals surface area contributed by atoms with E-state index in [9.17, 15) is 0 Å². The van der Waals surface area contributed by atoms with Crippen LogP contribution in [0.5, 0.6) is 0 Å². The lowest BCUT2D eigenvalue weighted by Gasteiger charge is -2.31. The Morgan fingerprint density at radius 2 is 2.11 bits per heavy atom. The molecule has 0 amide bonds. The van der Waals surface area contributed by atoms with Gasteiger partial charge in [0.1, 0.15) is 0 Å². The Morgan fingerprint density at radius 3 is 2.78 bits per heavy atom. The van der Waals surface area contributed by atoms with E-state index in [1.54, 1.807) is 4.88 Å². The SMILES string of the molecule is CCCNCC1CCCCC1Cc1cc(Br)cs1. The fourth-order valence-electron chi connectivity index (χ4n) is 3.01. The quantitative estimate of drug-likeness (QED) is 0.735. The van der Waals surface area contributed by atoms with Crippen molar-refractivity contribution >= 4 is 27.3 Å². The van der Waals surface area contributed by atoms with Gasteiger partial charge in [-0.25, -0.2) is 0 Å². The summed E-state index contributed by atoms with van der Waals surface area (Å²) < 4.78 is 1.25. The van der Waals surface area contributed by atoms with Crippen LogP contribution in [0.2, 0.25) is 0 Å². The van der Waals surface area contributed by atoms with Crippen LogP contribution < -0.4 is 5.32 Å². The molecule has 1 aliphatic rings. The summed E-state index contributed by atoms with van der Waals surface area (Å²) >= 11 is 5.47. The van der Waals surface area contributed by atoms with Gasteiger partial charge in [-0.1, -0.05) is 19.8 Å². The highest BCUT2D eigenvalue weighted by molar-refractivity contribution is 9.10. The minimum Gasteiger partial charge on any atom is -0.316 e. The predicted molar refractivity (Wildman–Crippen MR) is 84.3 cm³/mol. The second kappa shape index (κ2) is 7.66. The summed E-state index contributed by atoms with van der Waals surface area (Å²) in [4.78, 5) is 1.55. The van der Waals surface area contributed by atoms with Crippen LogP contribution >= 0.6 is 27.3 Å². The van der Waals surface area contributed by atoms with Crippen molar-refractivity contribution in [3.63, 3.8) is 0 Å². The molecule has 2 atom stereocenters. The summed E-state index contributed by atoms with van der Waals surface area (Å²) in [5, 5.41) is 5.83. The molecule has 102 valence electrons. The smallest absolute Gasteiger partial charge is 0.0285 e. The minimum atomic E-state index is 0.895. The Balaban J connectivity index is 1.86. The Morgan fingerprint density at radius 1 is 1.33 bits per heavy atom. The van der Waals surface area contributed by atoms with Gasteiger partial charge >= 0.3 is 0 Å². The number of halogens is 1. The van der Waals surface area contributed by atoms with E-state index in [1.165, 1.54) is 56.1 Å². The molecule has 1 N–H and O–H groups in total. The number of nitrogens with one attached hydrogen (secondary N) is 1. The van der Waals surface area contributed by atoms with Crippen LogP contribution in [-0.2, 0) is 6.42 Å². The van der Waals surface area contributed by atoms with Gasteiger partial charge in [0.25, 0.3) is 0 Å². The van der Waals surface area contributed by atoms with E-state index in [-0.39, 0.29) is 0 Å². The molecule has 18 heavy (non-hydrogen) atoms. The summed E-state index contributed by atoms with van der Waals surface area (Å²) in [6.07, 6.45) is 8.25. The lowest BCUT2D eigenvalue weighted by molar-refractivity contribution is 0.230. The van der Waals surface area contributed by atoms with Crippen LogP contribution in [0.3, 0.4) is 0 Å². The second-order valence-corrected chi connectivity index (χ2v) is 7.36. The molecule has 1 fully saturated rings. The molecule has 0 spiro atoms. The Hall–Kier alpha value is 0.140. The molecule has 0 saturated heterocycles. The molecule has 2 rings (SSSR count). The molecule has 1 saturated carbocycles. The first-order valence-electron chi connectivity index (χ1n) is 7.23. The van der Waals surface area contributed by atoms with E-state index in [0.717, 1.165) is 11.8 Å². The molecular formula is C15H24BrNS. The first kappa shape index (κ1) is 14.5. The molecule has 1 aromatic heterocycles. The van der Waals surface area contributed by atoms with E-state index < -0.39 is 0 Å². The number of rotatable bonds is 6. The van der Waals surface area contributed by atoms with E-state index in [1.807, 2.05) is 11.3 Å². The van der Waals surface area contributed by atoms with Crippen LogP contribution in [0.1, 0.15) is 43.9 Å². The van der Waals surface area contributed by atoms with Gasteiger partial charge in [0.15, 0.2) is 0 Å². The van der Waals surface area contributed by atoms with Crippen LogP contribution in [0, 0.1) is 11.8 Å². The normalized spacial score (nSPS) is 24.3. The van der Waals surface area contributed by atoms with Gasteiger partial charge in [-0.2, -0.15) is 0 Å². The van der Waals surface area contributed by atoms with Gasteiger partial charge in [0.05, 0.1) is 0 Å². The number of hydrogen-bond acceptors (Lipinski definition) is 2. The molecule has 3 heteroatoms. The van der Waals surface area contributed by atoms with Gasteiger partial charge < -0.3 is 5.32 Å². The van der Waals surface area contributed by atoms with Gasteiger partial charge in [-0.15, -0.1) is 11.3 Å². The zero-order valence-electron chi connectivity index (χ0n) is 11.3. The van der Waals surface area contributed by atoms with E-state index >= 15 is 0 Å². The maximum Gasteiger partial charge on any atom is 0.0285 e. The first-order valence-corrected chi connectivity index (χ1v) is 8.90. The van der Waals surface area contributed by atoms with Crippen molar-refractivity contribution in [3.8, 4) is 0 Å². The summed E-state index contributed by atoms with van der Waals surface area (Å²) in [6.45, 7) is 4.65. The molecule has 1 aliphatic carbocycles. The molecule has 1 aromatic rings. The van der Waals surface area contributed by atoms with E-state index in [2.05, 4.69) is 39.6 Å². The van der Waals surface area contributed by atoms with Gasteiger partial charge in [-0.05, 0) is 72.6 Å². The van der Waals surface area contributed by atoms with Gasteiger partial charge in [0, 0.05) is 14.7 Å². The third-order valence-electron chi connectivity index (χ3n) is 3.98. The van der Waals surface area contributed by atoms with Crippen molar-refractivity contribution in [1.82, 2.24) is 5.32 Å². The van der Waals surface area contributed by atoms with Crippen LogP contribution in [0.25, 0.3) is 0 Å². The average molecular weight is 330 g/mol. The molecule has 1 nitrogen and oxygen atoms in total. The zero-order valence-corrected chi connectivity index (χ0v) is 13.7. The molecule has 0 radical (unpaired) electrons. The van der Waals surface area contributed by atoms with Crippen LogP contribution in [-0.4, -0.2) is 13.1 Å². The Labute approximate surface area is 123 Å². The van der Waals surface area contributed by atoms with Crippen molar-refractivity contribution in [3.05, 3.63) is 20.8 Å². The van der Waals surface area contributed by atoms with Crippen molar-refractivity contribution in [1.29, 1.82) is 0 Å². The molecule has 0 bridgehead atoms. The Kier molecular flexibility index (Phi) is 6.19. The maximum atomic E-state index is 3.62. The summed E-state index contributed by atoms with van der Waals surface area (Å²) in [5.74, 6) is 1.79. The second-order valence-electron chi connectivity index (χ2n) is 5.44. The standard InChI is InChI=1S/C15H24BrNS/c1-2-7-17-10-13-6-4-3-5-12(13)8-15-9-14(16)11-18-15/h9,11-13,17H,2-8,10H2,1H3. The van der Waals surface area contributed by atoms with Crippen molar-refractivity contribution in [2.24, 2.45) is 11.8 Å². The molecule has 0 aliphatic heterocycles. The minimum absolute atomic E-state index is 0.895. The molecular weight excluding hydrogens is 306 g/mol. The number of thiophene rings is 1. The van der Waals surface area contributed by atoms with Crippen molar-refractivity contribution < 1.29 is 0 Å². The van der Waals surface area contributed by atoms with Crippen LogP contribution in [0.15, 0.2) is 15.9 Å². The van der Waals surface area contributed by atoms with Gasteiger partial charge in [0.2, 0.25) is 0 Å². The zero-order chi connectivity index (χ0) is 12.8. The lowest BCUT2D eigenvalue weighted by Crippen LogP contribution is -2.32. The van der Waals surface area contributed by atoms with Crippen molar-refractivity contribution in [2.45, 2.75) is 45.4 Å². The highest BCUT2D eigenvalue weighted by Crippen LogP contribution is 2.34. The highest BCUT2D eigenvalue weighted by atomic mass is 79.9. The maximum absolute atomic E-state index is 3.62. The third kappa shape index (κ3) is 4.36. The monoisotopic (exact) mass is 329 g/mol. The average Bonchev–Trinajstić information content (AvgIpc) is 2.77. The first-order chi connectivity index (χ1) is 8.79. The third-order valence-corrected chi connectivity index (χ3v) is 5.70. The Bertz CT molecular complexity index is 350. The van der Waals surface area contributed by atoms with Gasteiger partial charge in [-0.3, -0.25) is 0 Å². The summed E-state index contributed by atoms with van der Waals surface area (Å²) in [7, 11) is 0. The predicted octanol–water partition coefficient (Wildman–Crippen LogP) is 4.86. The fourth-order valence-corrected chi connectivity index (χ4v) is 4.55. The topological polar surface area (TPSA) is 12.0 Å². The summed E-state index contributed by atoms with van der Waals surface area (Å²) in [6, 6.07) is 2.30. The summed E-state index contributed by atoms with van der Waals surface area (Å²) in [5.41, 5.74) is 0.